The minimum Gasteiger partial charge on any atom is -0.378 e. The van der Waals surface area contributed by atoms with Gasteiger partial charge in [-0.1, -0.05) is 25.1 Å². The van der Waals surface area contributed by atoms with Gasteiger partial charge in [-0.3, -0.25) is 4.55 Å². The predicted molar refractivity (Wildman–Crippen MR) is 68.3 cm³/mol. The van der Waals surface area contributed by atoms with Crippen LogP contribution in [0.3, 0.4) is 0 Å². The smallest absolute Gasteiger partial charge is 0.294 e. The fourth-order valence-electron chi connectivity index (χ4n) is 2.50. The van der Waals surface area contributed by atoms with E-state index in [2.05, 4.69) is 6.92 Å². The second-order valence-corrected chi connectivity index (χ2v) is 6.03. The highest BCUT2D eigenvalue weighted by Gasteiger charge is 2.27. The lowest BCUT2D eigenvalue weighted by Gasteiger charge is -2.30. The zero-order valence-corrected chi connectivity index (χ0v) is 11.2. The molecular weight excluding hydrogens is 252 g/mol. The summed E-state index contributed by atoms with van der Waals surface area (Å²) >= 11 is 0. The lowest BCUT2D eigenvalue weighted by molar-refractivity contribution is 0.00443. The Morgan fingerprint density at radius 2 is 2.11 bits per heavy atom. The molecular formula is C13H18O4S. The van der Waals surface area contributed by atoms with Crippen LogP contribution in [0.15, 0.2) is 29.2 Å². The van der Waals surface area contributed by atoms with Crippen LogP contribution in [0.2, 0.25) is 0 Å². The molecule has 1 saturated heterocycles. The Balaban J connectivity index is 2.33. The normalized spacial score (nSPS) is 25.0. The molecule has 2 unspecified atom stereocenters. The van der Waals surface area contributed by atoms with Crippen LogP contribution in [0.4, 0.5) is 0 Å². The predicted octanol–water partition coefficient (Wildman–Crippen LogP) is 2.61. The summed E-state index contributed by atoms with van der Waals surface area (Å²) in [4.78, 5) is 0.0340. The number of benzene rings is 1. The van der Waals surface area contributed by atoms with Gasteiger partial charge in [-0.2, -0.15) is 8.42 Å². The molecule has 1 N–H and O–H groups in total. The van der Waals surface area contributed by atoms with Crippen LogP contribution in [0.5, 0.6) is 0 Å². The molecule has 1 fully saturated rings. The first-order valence-corrected chi connectivity index (χ1v) is 7.64. The van der Waals surface area contributed by atoms with Gasteiger partial charge in [0, 0.05) is 6.61 Å². The van der Waals surface area contributed by atoms with E-state index in [1.54, 1.807) is 18.2 Å². The van der Waals surface area contributed by atoms with Gasteiger partial charge in [0.1, 0.15) is 0 Å². The zero-order valence-electron chi connectivity index (χ0n) is 10.4. The maximum absolute atomic E-state index is 11.4. The summed E-state index contributed by atoms with van der Waals surface area (Å²) < 4.78 is 37.6. The summed E-state index contributed by atoms with van der Waals surface area (Å²) in [5, 5.41) is 0. The van der Waals surface area contributed by atoms with Crippen molar-refractivity contribution in [2.45, 2.75) is 43.1 Å². The fourth-order valence-corrected chi connectivity index (χ4v) is 3.28. The molecule has 1 aromatic rings. The second-order valence-electron chi connectivity index (χ2n) is 4.64. The van der Waals surface area contributed by atoms with Crippen LogP contribution in [-0.2, 0) is 14.9 Å². The van der Waals surface area contributed by atoms with Gasteiger partial charge in [-0.25, -0.2) is 0 Å². The van der Waals surface area contributed by atoms with Crippen molar-refractivity contribution in [2.75, 3.05) is 6.61 Å². The molecule has 1 aliphatic heterocycles. The van der Waals surface area contributed by atoms with E-state index in [1.807, 2.05) is 0 Å². The van der Waals surface area contributed by atoms with Crippen molar-refractivity contribution < 1.29 is 17.7 Å². The molecule has 1 aromatic carbocycles. The van der Waals surface area contributed by atoms with Gasteiger partial charge in [0.05, 0.1) is 11.0 Å². The average Bonchev–Trinajstić information content (AvgIpc) is 2.38. The third-order valence-corrected chi connectivity index (χ3v) is 4.39. The van der Waals surface area contributed by atoms with Crippen LogP contribution in [-0.4, -0.2) is 25.7 Å². The van der Waals surface area contributed by atoms with Crippen LogP contribution in [0.1, 0.15) is 37.7 Å². The van der Waals surface area contributed by atoms with Crippen molar-refractivity contribution in [3.8, 4) is 0 Å². The average molecular weight is 270 g/mol. The SMILES string of the molecule is CCC1CC(c2ccccc2S(=O)(=O)O)CCO1. The lowest BCUT2D eigenvalue weighted by atomic mass is 9.88. The monoisotopic (exact) mass is 270 g/mol. The highest BCUT2D eigenvalue weighted by molar-refractivity contribution is 7.85. The summed E-state index contributed by atoms with van der Waals surface area (Å²) in [7, 11) is -4.15. The van der Waals surface area contributed by atoms with Gasteiger partial charge < -0.3 is 4.74 Å². The van der Waals surface area contributed by atoms with E-state index in [0.29, 0.717) is 12.2 Å². The number of hydrogen-bond acceptors (Lipinski definition) is 3. The number of rotatable bonds is 3. The molecule has 5 heteroatoms. The first kappa shape index (κ1) is 13.5. The van der Waals surface area contributed by atoms with Crippen molar-refractivity contribution in [3.63, 3.8) is 0 Å². The van der Waals surface area contributed by atoms with Crippen molar-refractivity contribution >= 4 is 10.1 Å². The Morgan fingerprint density at radius 3 is 2.78 bits per heavy atom. The van der Waals surface area contributed by atoms with E-state index in [-0.39, 0.29) is 16.9 Å². The van der Waals surface area contributed by atoms with Crippen LogP contribution >= 0.6 is 0 Å². The van der Waals surface area contributed by atoms with Crippen molar-refractivity contribution in [2.24, 2.45) is 0 Å². The van der Waals surface area contributed by atoms with Gasteiger partial charge in [0.25, 0.3) is 10.1 Å². The zero-order chi connectivity index (χ0) is 13.2. The molecule has 1 aliphatic rings. The van der Waals surface area contributed by atoms with E-state index >= 15 is 0 Å². The third kappa shape index (κ3) is 2.91. The first-order valence-electron chi connectivity index (χ1n) is 6.20. The Bertz CT molecular complexity index is 509. The molecule has 0 saturated carbocycles. The molecule has 0 spiro atoms. The van der Waals surface area contributed by atoms with Crippen LogP contribution in [0.25, 0.3) is 0 Å². The van der Waals surface area contributed by atoms with Crippen molar-refractivity contribution in [3.05, 3.63) is 29.8 Å². The second kappa shape index (κ2) is 5.38. The van der Waals surface area contributed by atoms with Gasteiger partial charge in [-0.15, -0.1) is 0 Å². The minimum atomic E-state index is -4.15. The Hall–Kier alpha value is -0.910. The van der Waals surface area contributed by atoms with E-state index in [0.717, 1.165) is 19.3 Å². The van der Waals surface area contributed by atoms with Crippen molar-refractivity contribution in [1.29, 1.82) is 0 Å². The van der Waals surface area contributed by atoms with Gasteiger partial charge in [0.15, 0.2) is 0 Å². The molecule has 0 amide bonds. The summed E-state index contributed by atoms with van der Waals surface area (Å²) in [5.41, 5.74) is 0.710. The molecule has 1 heterocycles. The summed E-state index contributed by atoms with van der Waals surface area (Å²) in [5.74, 6) is 0.141. The van der Waals surface area contributed by atoms with Crippen LogP contribution < -0.4 is 0 Å². The molecule has 4 nitrogen and oxygen atoms in total. The fraction of sp³-hybridized carbons (Fsp3) is 0.538. The Kier molecular flexibility index (Phi) is 4.04. The quantitative estimate of drug-likeness (QED) is 0.857. The summed E-state index contributed by atoms with van der Waals surface area (Å²) in [6.07, 6.45) is 2.70. The molecule has 0 radical (unpaired) electrons. The van der Waals surface area contributed by atoms with Gasteiger partial charge >= 0.3 is 0 Å². The molecule has 2 rings (SSSR count). The van der Waals surface area contributed by atoms with Crippen LogP contribution in [0, 0.1) is 0 Å². The Morgan fingerprint density at radius 1 is 1.39 bits per heavy atom. The number of ether oxygens (including phenoxy) is 1. The molecule has 100 valence electrons. The standard InChI is InChI=1S/C13H18O4S/c1-2-11-9-10(7-8-17-11)12-5-3-4-6-13(12)18(14,15)16/h3-6,10-11H,2,7-9H2,1H3,(H,14,15,16). The maximum Gasteiger partial charge on any atom is 0.294 e. The van der Waals surface area contributed by atoms with E-state index in [9.17, 15) is 13.0 Å². The topological polar surface area (TPSA) is 63.6 Å². The van der Waals surface area contributed by atoms with E-state index < -0.39 is 10.1 Å². The highest BCUT2D eigenvalue weighted by Crippen LogP contribution is 2.34. The maximum atomic E-state index is 11.4. The molecule has 0 bridgehead atoms. The molecule has 2 atom stereocenters. The van der Waals surface area contributed by atoms with Crippen molar-refractivity contribution in [1.82, 2.24) is 0 Å². The number of hydrogen-bond donors (Lipinski definition) is 1. The molecule has 18 heavy (non-hydrogen) atoms. The van der Waals surface area contributed by atoms with E-state index in [4.69, 9.17) is 4.74 Å². The minimum absolute atomic E-state index is 0.0340. The largest absolute Gasteiger partial charge is 0.378 e. The van der Waals surface area contributed by atoms with Gasteiger partial charge in [0.2, 0.25) is 0 Å². The molecule has 0 aliphatic carbocycles. The summed E-state index contributed by atoms with van der Waals surface area (Å²) in [6, 6.07) is 6.68. The Labute approximate surface area is 108 Å². The third-order valence-electron chi connectivity index (χ3n) is 3.46. The summed E-state index contributed by atoms with van der Waals surface area (Å²) in [6.45, 7) is 2.70. The van der Waals surface area contributed by atoms with Gasteiger partial charge in [-0.05, 0) is 36.8 Å². The molecule has 0 aromatic heterocycles. The first-order chi connectivity index (χ1) is 8.52. The van der Waals surface area contributed by atoms with E-state index in [1.165, 1.54) is 6.07 Å². The highest BCUT2D eigenvalue weighted by atomic mass is 32.2. The lowest BCUT2D eigenvalue weighted by Crippen LogP contribution is -2.24.